The van der Waals surface area contributed by atoms with Crippen molar-refractivity contribution in [1.29, 1.82) is 0 Å². The highest BCUT2D eigenvalue weighted by atomic mass is 16.2. The monoisotopic (exact) mass is 461 g/mol. The third-order valence-electron chi connectivity index (χ3n) is 7.35. The summed E-state index contributed by atoms with van der Waals surface area (Å²) in [7, 11) is 1.59. The Bertz CT molecular complexity index is 1300. The van der Waals surface area contributed by atoms with Gasteiger partial charge < -0.3 is 15.2 Å². The second kappa shape index (κ2) is 7.82. The Labute approximate surface area is 198 Å². The summed E-state index contributed by atoms with van der Waals surface area (Å²) in [6.45, 7) is 7.47. The van der Waals surface area contributed by atoms with Crippen molar-refractivity contribution < 1.29 is 14.4 Å². The minimum Gasteiger partial charge on any atom is -0.360 e. The fraction of sp³-hybridized carbons (Fsp3) is 0.462. The summed E-state index contributed by atoms with van der Waals surface area (Å²) in [4.78, 5) is 43.4. The maximum absolute atomic E-state index is 13.3. The van der Waals surface area contributed by atoms with Gasteiger partial charge >= 0.3 is 0 Å². The van der Waals surface area contributed by atoms with Gasteiger partial charge in [0.2, 0.25) is 0 Å². The van der Waals surface area contributed by atoms with E-state index >= 15 is 0 Å². The second-order valence-electron chi connectivity index (χ2n) is 10.7. The molecule has 1 spiro atoms. The maximum atomic E-state index is 13.3. The smallest absolute Gasteiger partial charge is 0.253 e. The number of rotatable bonds is 2. The Morgan fingerprint density at radius 1 is 1.15 bits per heavy atom. The largest absolute Gasteiger partial charge is 0.360 e. The molecule has 1 aliphatic carbocycles. The van der Waals surface area contributed by atoms with Crippen LogP contribution in [0.4, 0.5) is 0 Å². The van der Waals surface area contributed by atoms with Gasteiger partial charge in [-0.1, -0.05) is 0 Å². The van der Waals surface area contributed by atoms with E-state index in [9.17, 15) is 14.4 Å². The van der Waals surface area contributed by atoms with Crippen LogP contribution >= 0.6 is 0 Å². The summed E-state index contributed by atoms with van der Waals surface area (Å²) in [6.07, 6.45) is 6.60. The van der Waals surface area contributed by atoms with Crippen molar-refractivity contribution in [3.8, 4) is 0 Å². The van der Waals surface area contributed by atoms with Crippen LogP contribution < -0.4 is 5.32 Å². The number of H-pyrrole nitrogens is 1. The molecular weight excluding hydrogens is 430 g/mol. The molecule has 0 unspecified atom stereocenters. The highest BCUT2D eigenvalue weighted by Crippen LogP contribution is 2.43. The molecule has 1 saturated heterocycles. The highest BCUT2D eigenvalue weighted by Gasteiger charge is 2.43. The van der Waals surface area contributed by atoms with E-state index in [1.807, 2.05) is 21.8 Å². The number of piperidine rings is 1. The van der Waals surface area contributed by atoms with Gasteiger partial charge in [-0.15, -0.1) is 0 Å². The van der Waals surface area contributed by atoms with E-state index in [-0.39, 0.29) is 28.6 Å². The van der Waals surface area contributed by atoms with Crippen LogP contribution in [0.25, 0.3) is 10.9 Å². The van der Waals surface area contributed by atoms with Crippen molar-refractivity contribution in [2.24, 2.45) is 5.41 Å². The lowest BCUT2D eigenvalue weighted by atomic mass is 9.67. The first-order chi connectivity index (χ1) is 16.1. The maximum Gasteiger partial charge on any atom is 0.253 e. The Balaban J connectivity index is 1.32. The summed E-state index contributed by atoms with van der Waals surface area (Å²) in [5.74, 6) is -0.111. The zero-order valence-corrected chi connectivity index (χ0v) is 20.2. The van der Waals surface area contributed by atoms with Gasteiger partial charge in [-0.3, -0.25) is 19.1 Å². The van der Waals surface area contributed by atoms with Crippen molar-refractivity contribution in [2.45, 2.75) is 52.0 Å². The number of carbonyl (C=O) groups is 3. The molecule has 0 bridgehead atoms. The molecule has 178 valence electrons. The van der Waals surface area contributed by atoms with Crippen LogP contribution in [0.15, 0.2) is 30.6 Å². The number of carbonyl (C=O) groups excluding carboxylic acids is 3. The minimum atomic E-state index is -0.188. The Hall–Kier alpha value is -3.42. The summed E-state index contributed by atoms with van der Waals surface area (Å²) < 4.78 is 1.90. The Morgan fingerprint density at radius 3 is 2.56 bits per heavy atom. The first kappa shape index (κ1) is 22.4. The predicted molar refractivity (Wildman–Crippen MR) is 129 cm³/mol. The van der Waals surface area contributed by atoms with Crippen LogP contribution in [-0.2, 0) is 12.0 Å². The third-order valence-corrected chi connectivity index (χ3v) is 7.35. The van der Waals surface area contributed by atoms with E-state index in [2.05, 4.69) is 36.2 Å². The van der Waals surface area contributed by atoms with Crippen molar-refractivity contribution >= 4 is 28.5 Å². The quantitative estimate of drug-likeness (QED) is 0.610. The first-order valence-corrected chi connectivity index (χ1v) is 11.8. The van der Waals surface area contributed by atoms with E-state index < -0.39 is 0 Å². The number of benzene rings is 1. The second-order valence-corrected chi connectivity index (χ2v) is 10.7. The summed E-state index contributed by atoms with van der Waals surface area (Å²) in [5, 5.41) is 7.95. The molecule has 2 amide bonds. The molecule has 3 heterocycles. The molecule has 3 aromatic rings. The number of nitrogens with zero attached hydrogens (tertiary/aromatic N) is 3. The SMILES string of the molecule is CNC(=O)c1c[nH]c2ccc(C(=O)N3CCC4(CC3)CC(=O)c3nn(C(C)(C)C)cc3C4)cc12. The molecule has 5 rings (SSSR count). The number of hydrogen-bond acceptors (Lipinski definition) is 4. The molecular formula is C26H31N5O3. The molecule has 1 aromatic carbocycles. The Kier molecular flexibility index (Phi) is 5.15. The molecule has 1 fully saturated rings. The van der Waals surface area contributed by atoms with Gasteiger partial charge in [0.05, 0.1) is 11.1 Å². The predicted octanol–water partition coefficient (Wildman–Crippen LogP) is 3.53. The topological polar surface area (TPSA) is 100 Å². The lowest BCUT2D eigenvalue weighted by Crippen LogP contribution is -2.46. The van der Waals surface area contributed by atoms with Gasteiger partial charge in [-0.25, -0.2) is 0 Å². The zero-order valence-electron chi connectivity index (χ0n) is 20.2. The van der Waals surface area contributed by atoms with E-state index in [1.54, 1.807) is 25.4 Å². The highest BCUT2D eigenvalue weighted by molar-refractivity contribution is 6.08. The van der Waals surface area contributed by atoms with E-state index in [0.29, 0.717) is 36.3 Å². The number of amides is 2. The standard InChI is InChI=1S/C26H31N5O3/c1-25(2,3)31-15-17-12-26(13-21(32)22(17)29-31)7-9-30(10-8-26)24(34)16-5-6-20-18(11-16)19(14-28-20)23(33)27-4/h5-6,11,14-15,28H,7-10,12-13H2,1-4H3,(H,27,33). The average Bonchev–Trinajstić information content (AvgIpc) is 3.42. The molecule has 34 heavy (non-hydrogen) atoms. The molecule has 1 aliphatic heterocycles. The van der Waals surface area contributed by atoms with Gasteiger partial charge in [0, 0.05) is 61.0 Å². The van der Waals surface area contributed by atoms with Crippen LogP contribution in [0, 0.1) is 5.41 Å². The van der Waals surface area contributed by atoms with Gasteiger partial charge in [0.1, 0.15) is 5.69 Å². The van der Waals surface area contributed by atoms with Crippen molar-refractivity contribution in [1.82, 2.24) is 25.0 Å². The van der Waals surface area contributed by atoms with Crippen LogP contribution in [-0.4, -0.2) is 57.4 Å². The van der Waals surface area contributed by atoms with Crippen LogP contribution in [0.1, 0.15) is 76.8 Å². The summed E-state index contributed by atoms with van der Waals surface area (Å²) in [5.41, 5.74) is 3.29. The van der Waals surface area contributed by atoms with Crippen LogP contribution in [0.3, 0.4) is 0 Å². The van der Waals surface area contributed by atoms with E-state index in [1.165, 1.54) is 0 Å². The number of hydrogen-bond donors (Lipinski definition) is 2. The van der Waals surface area contributed by atoms with Crippen molar-refractivity contribution in [3.05, 3.63) is 53.0 Å². The number of aromatic nitrogens is 3. The Morgan fingerprint density at radius 2 is 1.88 bits per heavy atom. The number of ketones is 1. The van der Waals surface area contributed by atoms with Gasteiger partial charge in [-0.2, -0.15) is 5.10 Å². The van der Waals surface area contributed by atoms with Gasteiger partial charge in [0.25, 0.3) is 11.8 Å². The lowest BCUT2D eigenvalue weighted by Gasteiger charge is -2.43. The summed E-state index contributed by atoms with van der Waals surface area (Å²) in [6, 6.07) is 5.44. The van der Waals surface area contributed by atoms with Crippen LogP contribution in [0.2, 0.25) is 0 Å². The molecule has 2 aliphatic rings. The molecule has 0 radical (unpaired) electrons. The number of fused-ring (bicyclic) bond motifs is 2. The van der Waals surface area contributed by atoms with Gasteiger partial charge in [-0.05, 0) is 63.6 Å². The molecule has 8 heteroatoms. The average molecular weight is 462 g/mol. The minimum absolute atomic E-state index is 0.0378. The zero-order chi connectivity index (χ0) is 24.3. The fourth-order valence-electron chi connectivity index (χ4n) is 5.30. The molecule has 0 saturated carbocycles. The van der Waals surface area contributed by atoms with E-state index in [0.717, 1.165) is 35.7 Å². The number of nitrogens with one attached hydrogen (secondary N) is 2. The lowest BCUT2D eigenvalue weighted by molar-refractivity contribution is 0.0519. The number of aromatic amines is 1. The van der Waals surface area contributed by atoms with Gasteiger partial charge in [0.15, 0.2) is 5.78 Å². The summed E-state index contributed by atoms with van der Waals surface area (Å²) >= 11 is 0. The van der Waals surface area contributed by atoms with Crippen molar-refractivity contribution in [2.75, 3.05) is 20.1 Å². The van der Waals surface area contributed by atoms with Crippen molar-refractivity contribution in [3.63, 3.8) is 0 Å². The number of Topliss-reactive ketones (excluding diaryl/α,β-unsaturated/α-hetero) is 1. The third kappa shape index (κ3) is 3.71. The molecule has 2 aromatic heterocycles. The normalized spacial score (nSPS) is 17.8. The first-order valence-electron chi connectivity index (χ1n) is 11.8. The molecule has 8 nitrogen and oxygen atoms in total. The van der Waals surface area contributed by atoms with Crippen LogP contribution in [0.5, 0.6) is 0 Å². The molecule has 0 atom stereocenters. The fourth-order valence-corrected chi connectivity index (χ4v) is 5.30. The number of likely N-dealkylation sites (tertiary alicyclic amines) is 1. The molecule has 2 N–H and O–H groups in total. The van der Waals surface area contributed by atoms with E-state index in [4.69, 9.17) is 0 Å².